The van der Waals surface area contributed by atoms with Gasteiger partial charge in [-0.05, 0) is 17.5 Å². The average molecular weight is 278 g/mol. The van der Waals surface area contributed by atoms with Crippen LogP contribution in [-0.4, -0.2) is 30.0 Å². The quantitative estimate of drug-likeness (QED) is 0.717. The van der Waals surface area contributed by atoms with Crippen LogP contribution in [0.3, 0.4) is 0 Å². The van der Waals surface area contributed by atoms with Gasteiger partial charge in [-0.25, -0.2) is 0 Å². The van der Waals surface area contributed by atoms with Crippen molar-refractivity contribution in [2.75, 3.05) is 13.1 Å². The van der Waals surface area contributed by atoms with Crippen molar-refractivity contribution in [1.29, 1.82) is 0 Å². The molecule has 5 nitrogen and oxygen atoms in total. The van der Waals surface area contributed by atoms with Crippen LogP contribution in [0.25, 0.3) is 0 Å². The maximum Gasteiger partial charge on any atom is 0.255 e. The van der Waals surface area contributed by atoms with E-state index in [9.17, 15) is 14.7 Å². The van der Waals surface area contributed by atoms with Crippen LogP contribution in [0.2, 0.25) is 0 Å². The number of carbonyl (C=O) groups excluding carboxylic acids is 2. The van der Waals surface area contributed by atoms with E-state index >= 15 is 0 Å². The molecule has 0 fully saturated rings. The van der Waals surface area contributed by atoms with E-state index in [0.717, 1.165) is 0 Å². The highest BCUT2D eigenvalue weighted by Gasteiger charge is 2.15. The van der Waals surface area contributed by atoms with Gasteiger partial charge in [0.1, 0.15) is 5.75 Å². The lowest BCUT2D eigenvalue weighted by Crippen LogP contribution is -2.35. The number of amides is 2. The van der Waals surface area contributed by atoms with E-state index in [4.69, 9.17) is 0 Å². The summed E-state index contributed by atoms with van der Waals surface area (Å²) in [7, 11) is 0. The topological polar surface area (TPSA) is 78.4 Å². The Morgan fingerprint density at radius 1 is 1.10 bits per heavy atom. The number of hydrogen-bond donors (Lipinski definition) is 3. The number of rotatable bonds is 5. The van der Waals surface area contributed by atoms with Crippen LogP contribution >= 0.6 is 0 Å². The first-order valence-electron chi connectivity index (χ1n) is 6.62. The van der Waals surface area contributed by atoms with Gasteiger partial charge in [0.25, 0.3) is 5.91 Å². The van der Waals surface area contributed by atoms with Crippen molar-refractivity contribution in [3.63, 3.8) is 0 Å². The molecule has 0 bridgehead atoms. The first-order valence-corrected chi connectivity index (χ1v) is 6.62. The molecular weight excluding hydrogens is 256 g/mol. The first-order chi connectivity index (χ1) is 9.29. The number of para-hydroxylation sites is 1. The molecule has 0 aliphatic heterocycles. The second kappa shape index (κ2) is 6.93. The molecule has 0 atom stereocenters. The molecular formula is C15H22N2O3. The Balaban J connectivity index is 2.30. The number of carbonyl (C=O) groups is 2. The minimum Gasteiger partial charge on any atom is -0.507 e. The van der Waals surface area contributed by atoms with E-state index < -0.39 is 0 Å². The Morgan fingerprint density at radius 2 is 1.70 bits per heavy atom. The zero-order chi connectivity index (χ0) is 15.2. The molecule has 1 aromatic carbocycles. The Morgan fingerprint density at radius 3 is 2.30 bits per heavy atom. The molecule has 0 radical (unpaired) electrons. The summed E-state index contributed by atoms with van der Waals surface area (Å²) in [5.74, 6) is -0.441. The third kappa shape index (κ3) is 5.73. The summed E-state index contributed by atoms with van der Waals surface area (Å²) in [5.41, 5.74) is 0.178. The molecule has 2 amide bonds. The van der Waals surface area contributed by atoms with Crippen LogP contribution < -0.4 is 10.6 Å². The van der Waals surface area contributed by atoms with Crippen LogP contribution in [0.15, 0.2) is 24.3 Å². The molecule has 20 heavy (non-hydrogen) atoms. The Kier molecular flexibility index (Phi) is 5.55. The van der Waals surface area contributed by atoms with Gasteiger partial charge in [0, 0.05) is 19.5 Å². The summed E-state index contributed by atoms with van der Waals surface area (Å²) in [6.45, 7) is 6.67. The van der Waals surface area contributed by atoms with Gasteiger partial charge in [0.15, 0.2) is 0 Å². The fourth-order valence-corrected chi connectivity index (χ4v) is 1.68. The summed E-state index contributed by atoms with van der Waals surface area (Å²) in [6, 6.07) is 6.33. The molecule has 0 heterocycles. The maximum atomic E-state index is 11.8. The molecule has 0 spiro atoms. The monoisotopic (exact) mass is 278 g/mol. The van der Waals surface area contributed by atoms with Gasteiger partial charge in [-0.1, -0.05) is 32.9 Å². The van der Waals surface area contributed by atoms with Crippen LogP contribution in [0, 0.1) is 5.41 Å². The van der Waals surface area contributed by atoms with Crippen molar-refractivity contribution in [3.05, 3.63) is 29.8 Å². The third-order valence-electron chi connectivity index (χ3n) is 2.57. The SMILES string of the molecule is CC(C)(C)CC(=O)NCCNC(=O)c1ccccc1O. The van der Waals surface area contributed by atoms with Crippen molar-refractivity contribution in [3.8, 4) is 5.75 Å². The molecule has 0 aliphatic rings. The fourth-order valence-electron chi connectivity index (χ4n) is 1.68. The van der Waals surface area contributed by atoms with Gasteiger partial charge >= 0.3 is 0 Å². The summed E-state index contributed by atoms with van der Waals surface area (Å²) < 4.78 is 0. The fraction of sp³-hybridized carbons (Fsp3) is 0.467. The number of phenols is 1. The molecule has 0 aromatic heterocycles. The standard InChI is InChI=1S/C15H22N2O3/c1-15(2,3)10-13(19)16-8-9-17-14(20)11-6-4-5-7-12(11)18/h4-7,18H,8-10H2,1-3H3,(H,16,19)(H,17,20). The normalized spacial score (nSPS) is 10.9. The summed E-state index contributed by atoms with van der Waals surface area (Å²) in [6.07, 6.45) is 0.445. The van der Waals surface area contributed by atoms with Gasteiger partial charge in [0.05, 0.1) is 5.56 Å². The highest BCUT2D eigenvalue weighted by molar-refractivity contribution is 5.96. The molecule has 1 rings (SSSR count). The molecule has 3 N–H and O–H groups in total. The van der Waals surface area contributed by atoms with E-state index in [1.54, 1.807) is 18.2 Å². The smallest absolute Gasteiger partial charge is 0.255 e. The Hall–Kier alpha value is -2.04. The number of nitrogens with one attached hydrogen (secondary N) is 2. The lowest BCUT2D eigenvalue weighted by molar-refractivity contribution is -0.122. The minimum atomic E-state index is -0.354. The van der Waals surface area contributed by atoms with Crippen molar-refractivity contribution in [2.24, 2.45) is 5.41 Å². The van der Waals surface area contributed by atoms with Crippen LogP contribution in [0.1, 0.15) is 37.6 Å². The second-order valence-corrected chi connectivity index (χ2v) is 5.86. The van der Waals surface area contributed by atoms with Gasteiger partial charge in [-0.15, -0.1) is 0 Å². The highest BCUT2D eigenvalue weighted by Crippen LogP contribution is 2.17. The van der Waals surface area contributed by atoms with Crippen LogP contribution in [-0.2, 0) is 4.79 Å². The Labute approximate surface area is 119 Å². The van der Waals surface area contributed by atoms with E-state index in [1.165, 1.54) is 6.07 Å². The predicted molar refractivity (Wildman–Crippen MR) is 77.5 cm³/mol. The predicted octanol–water partition coefficient (Wildman–Crippen LogP) is 1.67. The van der Waals surface area contributed by atoms with E-state index in [0.29, 0.717) is 19.5 Å². The van der Waals surface area contributed by atoms with E-state index in [-0.39, 0.29) is 28.5 Å². The zero-order valence-electron chi connectivity index (χ0n) is 12.2. The molecule has 5 heteroatoms. The summed E-state index contributed by atoms with van der Waals surface area (Å²) in [4.78, 5) is 23.3. The van der Waals surface area contributed by atoms with Gasteiger partial charge in [-0.3, -0.25) is 9.59 Å². The van der Waals surface area contributed by atoms with Crippen molar-refractivity contribution in [1.82, 2.24) is 10.6 Å². The first kappa shape index (κ1) is 16.0. The van der Waals surface area contributed by atoms with Crippen molar-refractivity contribution >= 4 is 11.8 Å². The number of phenolic OH excluding ortho intramolecular Hbond substituents is 1. The summed E-state index contributed by atoms with van der Waals surface area (Å²) in [5, 5.41) is 14.9. The minimum absolute atomic E-state index is 0.0330. The molecule has 1 aromatic rings. The van der Waals surface area contributed by atoms with Gasteiger partial charge < -0.3 is 15.7 Å². The molecule has 0 saturated heterocycles. The lowest BCUT2D eigenvalue weighted by Gasteiger charge is -2.17. The van der Waals surface area contributed by atoms with Crippen molar-refractivity contribution < 1.29 is 14.7 Å². The number of hydrogen-bond acceptors (Lipinski definition) is 3. The van der Waals surface area contributed by atoms with E-state index in [2.05, 4.69) is 10.6 Å². The number of benzene rings is 1. The van der Waals surface area contributed by atoms with Gasteiger partial charge in [-0.2, -0.15) is 0 Å². The Bertz CT molecular complexity index is 478. The molecule has 0 aliphatic carbocycles. The molecule has 0 saturated carbocycles. The van der Waals surface area contributed by atoms with Crippen LogP contribution in [0.4, 0.5) is 0 Å². The summed E-state index contributed by atoms with van der Waals surface area (Å²) >= 11 is 0. The maximum absolute atomic E-state index is 11.8. The van der Waals surface area contributed by atoms with Crippen LogP contribution in [0.5, 0.6) is 5.75 Å². The molecule has 110 valence electrons. The molecule has 0 unspecified atom stereocenters. The zero-order valence-corrected chi connectivity index (χ0v) is 12.2. The van der Waals surface area contributed by atoms with Gasteiger partial charge in [0.2, 0.25) is 5.91 Å². The largest absolute Gasteiger partial charge is 0.507 e. The lowest BCUT2D eigenvalue weighted by atomic mass is 9.92. The number of aromatic hydroxyl groups is 1. The second-order valence-electron chi connectivity index (χ2n) is 5.86. The highest BCUT2D eigenvalue weighted by atomic mass is 16.3. The average Bonchev–Trinajstić information content (AvgIpc) is 2.33. The third-order valence-corrected chi connectivity index (χ3v) is 2.57. The van der Waals surface area contributed by atoms with E-state index in [1.807, 2.05) is 20.8 Å². The van der Waals surface area contributed by atoms with Crippen molar-refractivity contribution in [2.45, 2.75) is 27.2 Å².